The summed E-state index contributed by atoms with van der Waals surface area (Å²) in [5.74, 6) is 1.57. The van der Waals surface area contributed by atoms with Crippen molar-refractivity contribution in [1.29, 1.82) is 0 Å². The lowest BCUT2D eigenvalue weighted by molar-refractivity contribution is -0.153. The minimum Gasteiger partial charge on any atom is -0.497 e. The lowest BCUT2D eigenvalue weighted by Crippen LogP contribution is -2.24. The van der Waals surface area contributed by atoms with Gasteiger partial charge < -0.3 is 9.47 Å². The van der Waals surface area contributed by atoms with E-state index in [4.69, 9.17) is 9.47 Å². The minimum absolute atomic E-state index is 0.00971. The maximum Gasteiger partial charge on any atom is 0.309 e. The highest BCUT2D eigenvalue weighted by Gasteiger charge is 2.26. The van der Waals surface area contributed by atoms with Gasteiger partial charge >= 0.3 is 5.97 Å². The van der Waals surface area contributed by atoms with Crippen molar-refractivity contribution in [3.05, 3.63) is 53.1 Å². The molecule has 3 atom stereocenters. The predicted molar refractivity (Wildman–Crippen MR) is 127 cm³/mol. The van der Waals surface area contributed by atoms with Crippen molar-refractivity contribution in [2.75, 3.05) is 7.11 Å². The number of methoxy groups -OCH3 is 1. The van der Waals surface area contributed by atoms with E-state index in [0.29, 0.717) is 5.92 Å². The van der Waals surface area contributed by atoms with Gasteiger partial charge in [0.15, 0.2) is 0 Å². The van der Waals surface area contributed by atoms with Crippen LogP contribution in [-0.4, -0.2) is 19.2 Å². The van der Waals surface area contributed by atoms with Crippen LogP contribution in [0.4, 0.5) is 0 Å². The van der Waals surface area contributed by atoms with Crippen molar-refractivity contribution < 1.29 is 14.3 Å². The molecule has 2 aliphatic carbocycles. The summed E-state index contributed by atoms with van der Waals surface area (Å²) in [6.07, 6.45) is 16.9. The van der Waals surface area contributed by atoms with Gasteiger partial charge in [0.25, 0.3) is 0 Å². The molecular weight excluding hydrogens is 384 g/mol. The molecule has 3 unspecified atom stereocenters. The lowest BCUT2D eigenvalue weighted by Gasteiger charge is -2.27. The highest BCUT2D eigenvalue weighted by Crippen LogP contribution is 2.38. The number of hydrogen-bond acceptors (Lipinski definition) is 3. The van der Waals surface area contributed by atoms with Crippen molar-refractivity contribution in [2.24, 2.45) is 5.92 Å². The first kappa shape index (κ1) is 23.6. The van der Waals surface area contributed by atoms with E-state index in [1.54, 1.807) is 7.11 Å². The molecule has 1 aromatic rings. The zero-order valence-electron chi connectivity index (χ0n) is 19.7. The van der Waals surface area contributed by atoms with Crippen molar-refractivity contribution in [2.45, 2.75) is 96.5 Å². The first-order valence-corrected chi connectivity index (χ1v) is 12.3. The Labute approximate surface area is 188 Å². The summed E-state index contributed by atoms with van der Waals surface area (Å²) in [6.45, 7) is 4.26. The van der Waals surface area contributed by atoms with Gasteiger partial charge in [-0.25, -0.2) is 0 Å². The number of hydrogen-bond donors (Lipinski definition) is 0. The first-order valence-electron chi connectivity index (χ1n) is 12.3. The fourth-order valence-corrected chi connectivity index (χ4v) is 4.86. The van der Waals surface area contributed by atoms with Crippen LogP contribution in [-0.2, 0) is 9.53 Å². The number of benzene rings is 1. The van der Waals surface area contributed by atoms with Crippen LogP contribution < -0.4 is 4.74 Å². The van der Waals surface area contributed by atoms with Crippen molar-refractivity contribution in [1.82, 2.24) is 0 Å². The number of allylic oxidation sites excluding steroid dienone is 4. The summed E-state index contributed by atoms with van der Waals surface area (Å²) < 4.78 is 11.0. The summed E-state index contributed by atoms with van der Waals surface area (Å²) in [4.78, 5) is 12.6. The lowest BCUT2D eigenvalue weighted by atomic mass is 9.79. The van der Waals surface area contributed by atoms with Gasteiger partial charge in [-0.2, -0.15) is 0 Å². The average molecular weight is 425 g/mol. The molecule has 31 heavy (non-hydrogen) atoms. The number of esters is 1. The van der Waals surface area contributed by atoms with Crippen LogP contribution in [0.25, 0.3) is 0 Å². The van der Waals surface area contributed by atoms with Crippen LogP contribution in [0.1, 0.15) is 96.0 Å². The average Bonchev–Trinajstić information content (AvgIpc) is 2.82. The highest BCUT2D eigenvalue weighted by atomic mass is 16.5. The first-order chi connectivity index (χ1) is 15.1. The number of carbonyl (C=O) groups is 1. The van der Waals surface area contributed by atoms with Crippen LogP contribution in [0.2, 0.25) is 0 Å². The maximum atomic E-state index is 12.6. The largest absolute Gasteiger partial charge is 0.497 e. The van der Waals surface area contributed by atoms with Crippen LogP contribution in [0.3, 0.4) is 0 Å². The molecule has 0 spiro atoms. The van der Waals surface area contributed by atoms with E-state index in [-0.39, 0.29) is 18.0 Å². The Morgan fingerprint density at radius 1 is 1.00 bits per heavy atom. The molecule has 1 aromatic carbocycles. The molecule has 0 amide bonds. The predicted octanol–water partition coefficient (Wildman–Crippen LogP) is 7.52. The molecule has 3 heteroatoms. The quantitative estimate of drug-likeness (QED) is 0.288. The summed E-state index contributed by atoms with van der Waals surface area (Å²) in [6, 6.07) is 8.51. The van der Waals surface area contributed by atoms with Crippen molar-refractivity contribution in [3.63, 3.8) is 0 Å². The fourth-order valence-electron chi connectivity index (χ4n) is 4.86. The van der Waals surface area contributed by atoms with E-state index in [1.165, 1.54) is 42.4 Å². The van der Waals surface area contributed by atoms with Crippen molar-refractivity contribution in [3.8, 4) is 5.75 Å². The van der Waals surface area contributed by atoms with Crippen LogP contribution in [0.5, 0.6) is 5.75 Å². The van der Waals surface area contributed by atoms with Crippen LogP contribution in [0.15, 0.2) is 47.6 Å². The molecule has 0 aliphatic heterocycles. The Kier molecular flexibility index (Phi) is 9.24. The molecule has 0 aromatic heterocycles. The molecule has 2 aliphatic rings. The number of unbranched alkanes of at least 4 members (excludes halogenated alkanes) is 3. The van der Waals surface area contributed by atoms with Gasteiger partial charge in [0, 0.05) is 0 Å². The standard InChI is InChI=1S/C28H40O3/c1-4-5-6-7-8-21(2)31-28(29)26-15-13-24(14-16-26)22-9-11-23(12-10-22)25-17-19-27(30-3)20-18-25/h9,13,17-21,23,26H,4-8,10-12,14-16H2,1-3H3. The van der Waals surface area contributed by atoms with Crippen LogP contribution in [0, 0.1) is 5.92 Å². The number of carbonyl (C=O) groups excluding carboxylic acids is 1. The van der Waals surface area contributed by atoms with E-state index >= 15 is 0 Å². The second-order valence-corrected chi connectivity index (χ2v) is 9.27. The van der Waals surface area contributed by atoms with E-state index < -0.39 is 0 Å². The van der Waals surface area contributed by atoms with Gasteiger partial charge in [-0.1, -0.05) is 50.5 Å². The normalized spacial score (nSPS) is 22.3. The van der Waals surface area contributed by atoms with Gasteiger partial charge in [-0.05, 0) is 93.1 Å². The van der Waals surface area contributed by atoms with Gasteiger partial charge in [0.1, 0.15) is 5.75 Å². The summed E-state index contributed by atoms with van der Waals surface area (Å²) in [7, 11) is 1.71. The van der Waals surface area contributed by atoms with Gasteiger partial charge in [0.2, 0.25) is 0 Å². The summed E-state index contributed by atoms with van der Waals surface area (Å²) in [5, 5.41) is 0. The Bertz CT molecular complexity index is 759. The molecule has 0 saturated carbocycles. The Morgan fingerprint density at radius 2 is 1.71 bits per heavy atom. The highest BCUT2D eigenvalue weighted by molar-refractivity contribution is 5.73. The topological polar surface area (TPSA) is 35.5 Å². The third-order valence-corrected chi connectivity index (χ3v) is 6.94. The molecule has 3 rings (SSSR count). The van der Waals surface area contributed by atoms with Crippen LogP contribution >= 0.6 is 0 Å². The van der Waals surface area contributed by atoms with Gasteiger partial charge in [-0.3, -0.25) is 4.79 Å². The second-order valence-electron chi connectivity index (χ2n) is 9.27. The van der Waals surface area contributed by atoms with E-state index in [2.05, 4.69) is 43.3 Å². The Hall–Kier alpha value is -2.03. The Morgan fingerprint density at radius 3 is 2.29 bits per heavy atom. The zero-order valence-corrected chi connectivity index (χ0v) is 19.7. The van der Waals surface area contributed by atoms with Gasteiger partial charge in [0.05, 0.1) is 19.1 Å². The van der Waals surface area contributed by atoms with E-state index in [0.717, 1.165) is 50.7 Å². The molecule has 0 fully saturated rings. The third-order valence-electron chi connectivity index (χ3n) is 6.94. The molecule has 170 valence electrons. The zero-order chi connectivity index (χ0) is 22.1. The summed E-state index contributed by atoms with van der Waals surface area (Å²) >= 11 is 0. The maximum absolute atomic E-state index is 12.6. The monoisotopic (exact) mass is 424 g/mol. The molecular formula is C28H40O3. The Balaban J connectivity index is 1.45. The van der Waals surface area contributed by atoms with E-state index in [9.17, 15) is 4.79 Å². The minimum atomic E-state index is 0.00971. The van der Waals surface area contributed by atoms with Crippen molar-refractivity contribution >= 4 is 5.97 Å². The fraction of sp³-hybridized carbons (Fsp3) is 0.607. The molecule has 0 N–H and O–H groups in total. The molecule has 0 saturated heterocycles. The second kappa shape index (κ2) is 12.1. The molecule has 0 radical (unpaired) electrons. The van der Waals surface area contributed by atoms with E-state index in [1.807, 2.05) is 6.92 Å². The third kappa shape index (κ3) is 6.98. The molecule has 0 bridgehead atoms. The number of ether oxygens (including phenoxy) is 2. The number of rotatable bonds is 10. The molecule has 3 nitrogen and oxygen atoms in total. The smallest absolute Gasteiger partial charge is 0.309 e. The molecule has 0 heterocycles. The summed E-state index contributed by atoms with van der Waals surface area (Å²) in [5.41, 5.74) is 4.37. The van der Waals surface area contributed by atoms with Gasteiger partial charge in [-0.15, -0.1) is 0 Å². The SMILES string of the molecule is CCCCCCC(C)OC(=O)C1CC=C(C2=CCC(c3ccc(OC)cc3)CC2)CC1.